The molecule has 0 aliphatic carbocycles. The van der Waals surface area contributed by atoms with Crippen molar-refractivity contribution >= 4 is 5.82 Å². The molecule has 0 spiro atoms. The average molecular weight is 224 g/mol. The smallest absolute Gasteiger partial charge is 0.207 e. The minimum atomic E-state index is -0.852. The Balaban J connectivity index is 2.61. The van der Waals surface area contributed by atoms with Crippen LogP contribution in [0.5, 0.6) is 11.5 Å². The van der Waals surface area contributed by atoms with Gasteiger partial charge in [-0.05, 0) is 12.1 Å². The first-order valence-electron chi connectivity index (χ1n) is 4.41. The molecule has 0 saturated carbocycles. The summed E-state index contributed by atoms with van der Waals surface area (Å²) >= 11 is 0. The van der Waals surface area contributed by atoms with Crippen molar-refractivity contribution in [3.05, 3.63) is 24.0 Å². The van der Waals surface area contributed by atoms with E-state index in [0.29, 0.717) is 5.56 Å². The van der Waals surface area contributed by atoms with Crippen molar-refractivity contribution in [3.8, 4) is 22.8 Å². The van der Waals surface area contributed by atoms with Gasteiger partial charge in [0.2, 0.25) is 5.82 Å². The van der Waals surface area contributed by atoms with Gasteiger partial charge >= 0.3 is 0 Å². The Labute approximate surface area is 90.2 Å². The monoisotopic (exact) mass is 224 g/mol. The summed E-state index contributed by atoms with van der Waals surface area (Å²) in [7, 11) is 1.29. The van der Waals surface area contributed by atoms with E-state index < -0.39 is 11.6 Å². The number of hydrogen-bond donors (Lipinski definition) is 2. The van der Waals surface area contributed by atoms with Gasteiger partial charge in [-0.2, -0.15) is 4.39 Å². The molecule has 0 saturated heterocycles. The van der Waals surface area contributed by atoms with E-state index in [1.807, 2.05) is 0 Å². The molecule has 2 aromatic rings. The van der Waals surface area contributed by atoms with Crippen LogP contribution in [-0.2, 0) is 0 Å². The summed E-state index contributed by atoms with van der Waals surface area (Å²) in [6, 6.07) is 4.09. The zero-order valence-corrected chi connectivity index (χ0v) is 8.40. The molecular weight excluding hydrogens is 215 g/mol. The van der Waals surface area contributed by atoms with Crippen LogP contribution in [0.4, 0.5) is 10.2 Å². The summed E-state index contributed by atoms with van der Waals surface area (Å²) in [6.07, 6.45) is 0. The van der Waals surface area contributed by atoms with Gasteiger partial charge in [-0.3, -0.25) is 0 Å². The van der Waals surface area contributed by atoms with E-state index in [1.165, 1.54) is 25.3 Å². The number of hydrogen-bond acceptors (Lipinski definition) is 5. The molecule has 0 unspecified atom stereocenters. The van der Waals surface area contributed by atoms with Crippen molar-refractivity contribution in [2.75, 3.05) is 12.8 Å². The number of nitrogen functional groups attached to an aromatic ring is 1. The second kappa shape index (κ2) is 3.73. The molecule has 0 aliphatic heterocycles. The molecule has 5 nitrogen and oxygen atoms in total. The van der Waals surface area contributed by atoms with Gasteiger partial charge in [-0.25, -0.2) is 0 Å². The molecule has 1 aromatic carbocycles. The molecule has 16 heavy (non-hydrogen) atoms. The highest BCUT2D eigenvalue weighted by Crippen LogP contribution is 2.36. The van der Waals surface area contributed by atoms with Gasteiger partial charge < -0.3 is 20.1 Å². The third-order valence-corrected chi connectivity index (χ3v) is 2.07. The summed E-state index contributed by atoms with van der Waals surface area (Å²) in [4.78, 5) is 0. The fourth-order valence-electron chi connectivity index (χ4n) is 1.36. The number of aromatic nitrogens is 1. The fourth-order valence-corrected chi connectivity index (χ4v) is 1.36. The lowest BCUT2D eigenvalue weighted by molar-refractivity contribution is 0.362. The summed E-state index contributed by atoms with van der Waals surface area (Å²) < 4.78 is 23.2. The van der Waals surface area contributed by atoms with Crippen molar-refractivity contribution in [1.82, 2.24) is 5.16 Å². The van der Waals surface area contributed by atoms with Crippen molar-refractivity contribution in [2.24, 2.45) is 0 Å². The van der Waals surface area contributed by atoms with Crippen LogP contribution in [0.25, 0.3) is 11.3 Å². The van der Waals surface area contributed by atoms with Gasteiger partial charge in [0, 0.05) is 6.07 Å². The summed E-state index contributed by atoms with van der Waals surface area (Å²) in [5.41, 5.74) is 5.72. The van der Waals surface area contributed by atoms with E-state index in [4.69, 9.17) is 15.0 Å². The number of phenolic OH excluding ortho intramolecular Hbond substituents is 1. The summed E-state index contributed by atoms with van der Waals surface area (Å²) in [6.45, 7) is 0. The molecule has 0 amide bonds. The number of nitrogens with zero attached hydrogens (tertiary/aromatic N) is 1. The molecule has 0 aliphatic rings. The molecular formula is C10H9FN2O3. The predicted molar refractivity (Wildman–Crippen MR) is 54.5 cm³/mol. The van der Waals surface area contributed by atoms with E-state index in [0.717, 1.165) is 0 Å². The highest BCUT2D eigenvalue weighted by molar-refractivity contribution is 5.69. The zero-order valence-electron chi connectivity index (χ0n) is 8.40. The molecule has 0 atom stereocenters. The number of benzene rings is 1. The second-order valence-electron chi connectivity index (χ2n) is 3.10. The van der Waals surface area contributed by atoms with Crippen LogP contribution in [0, 0.1) is 5.82 Å². The van der Waals surface area contributed by atoms with Crippen molar-refractivity contribution < 1.29 is 18.8 Å². The van der Waals surface area contributed by atoms with E-state index in [-0.39, 0.29) is 17.3 Å². The topological polar surface area (TPSA) is 81.5 Å². The maximum absolute atomic E-state index is 13.5. The maximum Gasteiger partial charge on any atom is 0.207 e. The van der Waals surface area contributed by atoms with Crippen LogP contribution in [0.15, 0.2) is 22.7 Å². The van der Waals surface area contributed by atoms with Crippen LogP contribution in [-0.4, -0.2) is 17.4 Å². The molecule has 2 rings (SSSR count). The van der Waals surface area contributed by atoms with Crippen molar-refractivity contribution in [2.45, 2.75) is 0 Å². The van der Waals surface area contributed by atoms with Crippen LogP contribution in [0.3, 0.4) is 0 Å². The van der Waals surface area contributed by atoms with Gasteiger partial charge in [-0.1, -0.05) is 5.16 Å². The first kappa shape index (κ1) is 10.3. The lowest BCUT2D eigenvalue weighted by atomic mass is 10.1. The van der Waals surface area contributed by atoms with E-state index in [2.05, 4.69) is 5.16 Å². The first-order chi connectivity index (χ1) is 7.63. The summed E-state index contributed by atoms with van der Waals surface area (Å²) in [5.74, 6) is -1.00. The van der Waals surface area contributed by atoms with Gasteiger partial charge in [0.15, 0.2) is 23.1 Å². The second-order valence-corrected chi connectivity index (χ2v) is 3.10. The lowest BCUT2D eigenvalue weighted by Crippen LogP contribution is -1.91. The Morgan fingerprint density at radius 1 is 1.50 bits per heavy atom. The maximum atomic E-state index is 13.5. The zero-order chi connectivity index (χ0) is 11.7. The fraction of sp³-hybridized carbons (Fsp3) is 0.100. The quantitative estimate of drug-likeness (QED) is 0.812. The first-order valence-corrected chi connectivity index (χ1v) is 4.41. The van der Waals surface area contributed by atoms with Crippen LogP contribution >= 0.6 is 0 Å². The van der Waals surface area contributed by atoms with Crippen LogP contribution < -0.4 is 10.5 Å². The Morgan fingerprint density at radius 2 is 2.25 bits per heavy atom. The number of nitrogens with two attached hydrogens (primary N) is 1. The minimum Gasteiger partial charge on any atom is -0.505 e. The number of ether oxygens (including phenoxy) is 1. The van der Waals surface area contributed by atoms with Gasteiger partial charge in [0.25, 0.3) is 0 Å². The SMILES string of the molecule is COc1c(-c2cc(N)no2)ccc(O)c1F. The normalized spacial score (nSPS) is 10.4. The number of aromatic hydroxyl groups is 1. The Hall–Kier alpha value is -2.24. The molecule has 84 valence electrons. The molecule has 3 N–H and O–H groups in total. The van der Waals surface area contributed by atoms with Gasteiger partial charge in [0.1, 0.15) is 0 Å². The largest absolute Gasteiger partial charge is 0.505 e. The standard InChI is InChI=1S/C10H9FN2O3/c1-15-10-5(2-3-6(14)9(10)11)7-4-8(12)13-16-7/h2-4,14H,1H3,(H2,12,13). The van der Waals surface area contributed by atoms with Gasteiger partial charge in [0.05, 0.1) is 12.7 Å². The average Bonchev–Trinajstić information content (AvgIpc) is 2.68. The molecule has 6 heteroatoms. The Morgan fingerprint density at radius 3 is 2.81 bits per heavy atom. The number of halogens is 1. The number of anilines is 1. The Bertz CT molecular complexity index is 525. The third-order valence-electron chi connectivity index (χ3n) is 2.07. The van der Waals surface area contributed by atoms with Crippen molar-refractivity contribution in [1.29, 1.82) is 0 Å². The molecule has 0 bridgehead atoms. The molecule has 0 fully saturated rings. The van der Waals surface area contributed by atoms with E-state index in [1.54, 1.807) is 0 Å². The van der Waals surface area contributed by atoms with Crippen molar-refractivity contribution in [3.63, 3.8) is 0 Å². The van der Waals surface area contributed by atoms with E-state index >= 15 is 0 Å². The Kier molecular flexibility index (Phi) is 2.40. The number of phenols is 1. The highest BCUT2D eigenvalue weighted by Gasteiger charge is 2.17. The predicted octanol–water partition coefficient (Wildman–Crippen LogP) is 1.78. The number of rotatable bonds is 2. The van der Waals surface area contributed by atoms with Crippen LogP contribution in [0.1, 0.15) is 0 Å². The molecule has 0 radical (unpaired) electrons. The minimum absolute atomic E-state index is 0.115. The van der Waals surface area contributed by atoms with E-state index in [9.17, 15) is 9.50 Å². The summed E-state index contributed by atoms with van der Waals surface area (Å²) in [5, 5.41) is 12.7. The third kappa shape index (κ3) is 1.54. The highest BCUT2D eigenvalue weighted by atomic mass is 19.1. The molecule has 1 aromatic heterocycles. The van der Waals surface area contributed by atoms with Gasteiger partial charge in [-0.15, -0.1) is 0 Å². The van der Waals surface area contributed by atoms with Crippen LogP contribution in [0.2, 0.25) is 0 Å². The number of methoxy groups -OCH3 is 1. The molecule has 1 heterocycles. The lowest BCUT2D eigenvalue weighted by Gasteiger charge is -2.07.